The maximum Gasteiger partial charge on any atom is 0.259 e. The average Bonchev–Trinajstić information content (AvgIpc) is 3.55. The number of fused-ring (bicyclic) bond motifs is 5. The molecule has 2 aliphatic heterocycles. The summed E-state index contributed by atoms with van der Waals surface area (Å²) in [5.74, 6) is -0.989. The number of pyridine rings is 2. The molecule has 5 heterocycles. The standard InChI is InChI=1S/C28H32FN7O3/c1-18(37)34-13-15-35(16-14-34)26-20(29)17-19-24(38)23(27(39)30-9-12-33-10-5-6-11-33)28-32(2)21-7-3-4-8-22(21)36(28)25(19)31-26/h3-4,7-8,17H,5-6,9-16H2,1-2H3,(H,30,39). The number of rotatable bonds is 5. The van der Waals surface area contributed by atoms with Gasteiger partial charge in [-0.25, -0.2) is 9.37 Å². The second-order valence-electron chi connectivity index (χ2n) is 10.4. The molecule has 0 saturated carbocycles. The lowest BCUT2D eigenvalue weighted by atomic mass is 10.1. The number of imidazole rings is 1. The first-order valence-electron chi connectivity index (χ1n) is 13.5. The van der Waals surface area contributed by atoms with Gasteiger partial charge >= 0.3 is 0 Å². The molecule has 2 amide bonds. The van der Waals surface area contributed by atoms with Crippen molar-refractivity contribution in [2.24, 2.45) is 7.05 Å². The molecular weight excluding hydrogens is 501 g/mol. The van der Waals surface area contributed by atoms with E-state index in [4.69, 9.17) is 4.98 Å². The minimum Gasteiger partial charge on any atom is -0.351 e. The van der Waals surface area contributed by atoms with Crippen LogP contribution in [0.3, 0.4) is 0 Å². The molecule has 2 fully saturated rings. The van der Waals surface area contributed by atoms with Crippen LogP contribution in [0.1, 0.15) is 30.1 Å². The zero-order valence-corrected chi connectivity index (χ0v) is 22.2. The van der Waals surface area contributed by atoms with E-state index in [1.807, 2.05) is 35.9 Å². The Hall–Kier alpha value is -3.99. The fourth-order valence-electron chi connectivity index (χ4n) is 5.93. The van der Waals surface area contributed by atoms with Gasteiger partial charge in [0.2, 0.25) is 11.3 Å². The second-order valence-corrected chi connectivity index (χ2v) is 10.4. The quantitative estimate of drug-likeness (QED) is 0.422. The third kappa shape index (κ3) is 4.30. The van der Waals surface area contributed by atoms with Gasteiger partial charge in [-0.15, -0.1) is 0 Å². The van der Waals surface area contributed by atoms with Gasteiger partial charge in [-0.1, -0.05) is 12.1 Å². The topological polar surface area (TPSA) is 95.2 Å². The van der Waals surface area contributed by atoms with Crippen LogP contribution in [0.4, 0.5) is 10.2 Å². The Morgan fingerprint density at radius 3 is 2.41 bits per heavy atom. The van der Waals surface area contributed by atoms with Crippen LogP contribution in [-0.4, -0.2) is 87.9 Å². The fourth-order valence-corrected chi connectivity index (χ4v) is 5.93. The number of likely N-dealkylation sites (tertiary alicyclic amines) is 1. The molecule has 0 radical (unpaired) electrons. The highest BCUT2D eigenvalue weighted by Gasteiger charge is 2.28. The van der Waals surface area contributed by atoms with E-state index < -0.39 is 17.2 Å². The molecule has 10 nitrogen and oxygen atoms in total. The number of hydrogen-bond acceptors (Lipinski definition) is 6. The number of hydrogen-bond donors (Lipinski definition) is 1. The van der Waals surface area contributed by atoms with Gasteiger partial charge in [0.1, 0.15) is 11.2 Å². The van der Waals surface area contributed by atoms with Crippen LogP contribution < -0.4 is 15.6 Å². The highest BCUT2D eigenvalue weighted by atomic mass is 19.1. The van der Waals surface area contributed by atoms with Crippen LogP contribution in [0.2, 0.25) is 0 Å². The molecular formula is C28H32FN7O3. The smallest absolute Gasteiger partial charge is 0.259 e. The highest BCUT2D eigenvalue weighted by molar-refractivity contribution is 6.05. The first kappa shape index (κ1) is 25.3. The normalized spacial score (nSPS) is 16.6. The maximum absolute atomic E-state index is 15.5. The molecule has 2 aliphatic rings. The Labute approximate surface area is 224 Å². The van der Waals surface area contributed by atoms with E-state index in [0.29, 0.717) is 44.0 Å². The molecule has 0 aliphatic carbocycles. The summed E-state index contributed by atoms with van der Waals surface area (Å²) in [6.45, 7) is 6.48. The zero-order valence-electron chi connectivity index (χ0n) is 22.2. The van der Waals surface area contributed by atoms with Crippen molar-refractivity contribution in [3.63, 3.8) is 0 Å². The summed E-state index contributed by atoms with van der Waals surface area (Å²) in [6, 6.07) is 8.79. The van der Waals surface area contributed by atoms with Gasteiger partial charge in [0, 0.05) is 53.2 Å². The van der Waals surface area contributed by atoms with Crippen molar-refractivity contribution in [2.45, 2.75) is 19.8 Å². The predicted molar refractivity (Wildman–Crippen MR) is 148 cm³/mol. The second kappa shape index (κ2) is 9.96. The fraction of sp³-hybridized carbons (Fsp3) is 0.429. The van der Waals surface area contributed by atoms with Crippen molar-refractivity contribution < 1.29 is 14.0 Å². The molecule has 3 aromatic heterocycles. The molecule has 204 valence electrons. The van der Waals surface area contributed by atoms with E-state index in [1.54, 1.807) is 14.2 Å². The predicted octanol–water partition coefficient (Wildman–Crippen LogP) is 1.97. The summed E-state index contributed by atoms with van der Waals surface area (Å²) in [5.41, 5.74) is 1.72. The van der Waals surface area contributed by atoms with E-state index in [0.717, 1.165) is 43.5 Å². The summed E-state index contributed by atoms with van der Waals surface area (Å²) in [5, 5.41) is 2.98. The molecule has 39 heavy (non-hydrogen) atoms. The Balaban J connectivity index is 1.49. The van der Waals surface area contributed by atoms with Crippen molar-refractivity contribution in [1.29, 1.82) is 0 Å². The summed E-state index contributed by atoms with van der Waals surface area (Å²) in [4.78, 5) is 49.6. The number of nitrogens with zero attached hydrogens (tertiary/aromatic N) is 6. The number of para-hydroxylation sites is 2. The van der Waals surface area contributed by atoms with Gasteiger partial charge in [0.25, 0.3) is 5.91 Å². The number of nitrogens with one attached hydrogen (secondary N) is 1. The Morgan fingerprint density at radius 1 is 1.03 bits per heavy atom. The molecule has 0 spiro atoms. The van der Waals surface area contributed by atoms with Gasteiger partial charge in [-0.05, 0) is 44.1 Å². The molecule has 0 atom stereocenters. The molecule has 0 bridgehead atoms. The van der Waals surface area contributed by atoms with E-state index in [-0.39, 0.29) is 22.7 Å². The molecule has 1 aromatic carbocycles. The van der Waals surface area contributed by atoms with E-state index >= 15 is 4.39 Å². The van der Waals surface area contributed by atoms with Gasteiger partial charge in [0.05, 0.1) is 16.4 Å². The van der Waals surface area contributed by atoms with Gasteiger partial charge in [0.15, 0.2) is 17.3 Å². The van der Waals surface area contributed by atoms with Crippen LogP contribution in [0.15, 0.2) is 35.1 Å². The lowest BCUT2D eigenvalue weighted by molar-refractivity contribution is -0.129. The molecule has 0 unspecified atom stereocenters. The lowest BCUT2D eigenvalue weighted by Gasteiger charge is -2.35. The minimum atomic E-state index is -0.628. The van der Waals surface area contributed by atoms with Crippen molar-refractivity contribution in [1.82, 2.24) is 29.1 Å². The van der Waals surface area contributed by atoms with Gasteiger partial charge < -0.3 is 24.6 Å². The lowest BCUT2D eigenvalue weighted by Crippen LogP contribution is -2.48. The van der Waals surface area contributed by atoms with Crippen molar-refractivity contribution in [3.8, 4) is 0 Å². The number of aryl methyl sites for hydroxylation is 1. The minimum absolute atomic E-state index is 0.0168. The van der Waals surface area contributed by atoms with Crippen molar-refractivity contribution in [2.75, 3.05) is 57.3 Å². The maximum atomic E-state index is 15.5. The number of piperazine rings is 1. The Morgan fingerprint density at radius 2 is 1.72 bits per heavy atom. The van der Waals surface area contributed by atoms with Crippen molar-refractivity contribution in [3.05, 3.63) is 51.9 Å². The molecule has 11 heteroatoms. The van der Waals surface area contributed by atoms with Crippen LogP contribution in [0, 0.1) is 5.82 Å². The van der Waals surface area contributed by atoms with Crippen LogP contribution in [0.25, 0.3) is 27.7 Å². The third-order valence-corrected chi connectivity index (χ3v) is 8.02. The first-order valence-corrected chi connectivity index (χ1v) is 13.5. The summed E-state index contributed by atoms with van der Waals surface area (Å²) < 4.78 is 19.1. The molecule has 4 aromatic rings. The van der Waals surface area contributed by atoms with Gasteiger partial charge in [-0.2, -0.15) is 0 Å². The number of benzene rings is 1. The SMILES string of the molecule is CC(=O)N1CCN(c2nc3c(cc2F)c(=O)c(C(=O)NCCN2CCCC2)c2n(C)c4ccccc4n32)CC1. The number of amides is 2. The number of anilines is 1. The van der Waals surface area contributed by atoms with E-state index in [1.165, 1.54) is 13.0 Å². The summed E-state index contributed by atoms with van der Waals surface area (Å²) in [7, 11) is 1.81. The zero-order chi connectivity index (χ0) is 27.3. The summed E-state index contributed by atoms with van der Waals surface area (Å²) in [6.07, 6.45) is 2.31. The first-order chi connectivity index (χ1) is 18.8. The number of aromatic nitrogens is 3. The highest BCUT2D eigenvalue weighted by Crippen LogP contribution is 2.28. The van der Waals surface area contributed by atoms with Crippen LogP contribution >= 0.6 is 0 Å². The number of carbonyl (C=O) groups excluding carboxylic acids is 2. The van der Waals surface area contributed by atoms with E-state index in [2.05, 4.69) is 10.2 Å². The van der Waals surface area contributed by atoms with Gasteiger partial charge in [-0.3, -0.25) is 18.8 Å². The number of carbonyl (C=O) groups is 2. The third-order valence-electron chi connectivity index (χ3n) is 8.02. The number of halogens is 1. The molecule has 2 saturated heterocycles. The summed E-state index contributed by atoms with van der Waals surface area (Å²) >= 11 is 0. The van der Waals surface area contributed by atoms with E-state index in [9.17, 15) is 14.4 Å². The molecule has 1 N–H and O–H groups in total. The Kier molecular flexibility index (Phi) is 6.46. The van der Waals surface area contributed by atoms with Crippen LogP contribution in [-0.2, 0) is 11.8 Å². The van der Waals surface area contributed by atoms with Crippen molar-refractivity contribution >= 4 is 45.3 Å². The monoisotopic (exact) mass is 533 g/mol. The average molecular weight is 534 g/mol. The van der Waals surface area contributed by atoms with Crippen LogP contribution in [0.5, 0.6) is 0 Å². The molecule has 6 rings (SSSR count). The largest absolute Gasteiger partial charge is 0.351 e. The Bertz CT molecular complexity index is 1660.